The molecule has 1 aliphatic rings. The van der Waals surface area contributed by atoms with Crippen molar-refractivity contribution in [2.75, 3.05) is 18.4 Å². The lowest BCUT2D eigenvalue weighted by atomic mass is 9.94. The largest absolute Gasteiger partial charge is 0.322 e. The maximum absolute atomic E-state index is 12.9. The number of hydrogen-bond donors (Lipinski definition) is 1. The average Bonchev–Trinajstić information content (AvgIpc) is 2.67. The number of carbonyl (C=O) groups excluding carboxylic acids is 1. The molecule has 1 amide bonds. The number of amides is 1. The minimum absolute atomic E-state index is 0.192. The van der Waals surface area contributed by atoms with Crippen LogP contribution in [0.3, 0.4) is 0 Å². The second-order valence-electron chi connectivity index (χ2n) is 7.44. The Morgan fingerprint density at radius 2 is 1.75 bits per heavy atom. The summed E-state index contributed by atoms with van der Waals surface area (Å²) < 4.78 is 27.4. The Morgan fingerprint density at radius 1 is 1.11 bits per heavy atom. The SMILES string of the molecule is C[C@@H]1C[C@H](C)CN(S(=O)(=O)c2ccc(C(=O)Nc3cccc(C#N)c3)cc2)C1. The van der Waals surface area contributed by atoms with Crippen LogP contribution in [0.1, 0.15) is 36.2 Å². The van der Waals surface area contributed by atoms with Crippen molar-refractivity contribution < 1.29 is 13.2 Å². The second-order valence-corrected chi connectivity index (χ2v) is 9.38. The Labute approximate surface area is 165 Å². The molecule has 0 unspecified atom stereocenters. The van der Waals surface area contributed by atoms with Gasteiger partial charge in [0.2, 0.25) is 10.0 Å². The second kappa shape index (κ2) is 8.13. The van der Waals surface area contributed by atoms with E-state index in [4.69, 9.17) is 5.26 Å². The van der Waals surface area contributed by atoms with E-state index in [1.54, 1.807) is 24.3 Å². The van der Waals surface area contributed by atoms with Crippen LogP contribution < -0.4 is 5.32 Å². The topological polar surface area (TPSA) is 90.3 Å². The molecule has 0 spiro atoms. The van der Waals surface area contributed by atoms with Crippen LogP contribution in [0.2, 0.25) is 0 Å². The molecular weight excluding hydrogens is 374 g/mol. The minimum atomic E-state index is -3.57. The van der Waals surface area contributed by atoms with Crippen molar-refractivity contribution >= 4 is 21.6 Å². The monoisotopic (exact) mass is 397 g/mol. The van der Waals surface area contributed by atoms with Gasteiger partial charge >= 0.3 is 0 Å². The fourth-order valence-electron chi connectivity index (χ4n) is 3.60. The van der Waals surface area contributed by atoms with Gasteiger partial charge in [-0.2, -0.15) is 9.57 Å². The first-order valence-corrected chi connectivity index (χ1v) is 10.7. The third-order valence-electron chi connectivity index (χ3n) is 4.84. The number of sulfonamides is 1. The van der Waals surface area contributed by atoms with Gasteiger partial charge in [-0.25, -0.2) is 8.42 Å². The molecule has 0 radical (unpaired) electrons. The zero-order valence-electron chi connectivity index (χ0n) is 15.9. The molecule has 0 saturated carbocycles. The zero-order chi connectivity index (χ0) is 20.3. The first-order valence-electron chi connectivity index (χ1n) is 9.21. The summed E-state index contributed by atoms with van der Waals surface area (Å²) in [6, 6.07) is 14.6. The van der Waals surface area contributed by atoms with E-state index in [-0.39, 0.29) is 10.8 Å². The standard InChI is InChI=1S/C21H23N3O3S/c1-15-10-16(2)14-24(13-15)28(26,27)20-8-6-18(7-9-20)21(25)23-19-5-3-4-17(11-19)12-22/h3-9,11,15-16H,10,13-14H2,1-2H3,(H,23,25)/t15-,16+. The molecule has 1 fully saturated rings. The van der Waals surface area contributed by atoms with E-state index in [1.807, 2.05) is 6.07 Å². The lowest BCUT2D eigenvalue weighted by molar-refractivity contribution is 0.102. The Balaban J connectivity index is 1.75. The highest BCUT2D eigenvalue weighted by molar-refractivity contribution is 7.89. The number of benzene rings is 2. The van der Waals surface area contributed by atoms with Gasteiger partial charge in [0.15, 0.2) is 0 Å². The van der Waals surface area contributed by atoms with Crippen LogP contribution in [-0.2, 0) is 10.0 Å². The fraction of sp³-hybridized carbons (Fsp3) is 0.333. The van der Waals surface area contributed by atoms with Gasteiger partial charge in [-0.15, -0.1) is 0 Å². The highest BCUT2D eigenvalue weighted by Gasteiger charge is 2.31. The van der Waals surface area contributed by atoms with Crippen molar-refractivity contribution in [3.05, 3.63) is 59.7 Å². The number of anilines is 1. The average molecular weight is 398 g/mol. The van der Waals surface area contributed by atoms with Gasteiger partial charge < -0.3 is 5.32 Å². The highest BCUT2D eigenvalue weighted by atomic mass is 32.2. The van der Waals surface area contributed by atoms with Crippen LogP contribution in [0.5, 0.6) is 0 Å². The molecule has 3 rings (SSSR count). The molecule has 2 atom stereocenters. The fourth-order valence-corrected chi connectivity index (χ4v) is 5.28. The molecule has 28 heavy (non-hydrogen) atoms. The van der Waals surface area contributed by atoms with Gasteiger partial charge in [0.05, 0.1) is 16.5 Å². The van der Waals surface area contributed by atoms with Crippen LogP contribution in [-0.4, -0.2) is 31.7 Å². The van der Waals surface area contributed by atoms with Crippen LogP contribution in [0, 0.1) is 23.2 Å². The van der Waals surface area contributed by atoms with Crippen molar-refractivity contribution in [3.8, 4) is 6.07 Å². The quantitative estimate of drug-likeness (QED) is 0.855. The number of carbonyl (C=O) groups is 1. The summed E-state index contributed by atoms with van der Waals surface area (Å²) in [6.45, 7) is 5.16. The van der Waals surface area contributed by atoms with Crippen molar-refractivity contribution in [3.63, 3.8) is 0 Å². The summed E-state index contributed by atoms with van der Waals surface area (Å²) in [4.78, 5) is 12.6. The lowest BCUT2D eigenvalue weighted by Crippen LogP contribution is -2.42. The van der Waals surface area contributed by atoms with E-state index in [1.165, 1.54) is 28.6 Å². The van der Waals surface area contributed by atoms with Crippen molar-refractivity contribution in [1.82, 2.24) is 4.31 Å². The predicted octanol–water partition coefficient (Wildman–Crippen LogP) is 3.48. The molecule has 2 aromatic rings. The van der Waals surface area contributed by atoms with Crippen molar-refractivity contribution in [2.24, 2.45) is 11.8 Å². The summed E-state index contributed by atoms with van der Waals surface area (Å²) in [5, 5.41) is 11.7. The molecule has 146 valence electrons. The molecule has 0 bridgehead atoms. The Bertz CT molecular complexity index is 1000. The molecule has 1 aliphatic heterocycles. The smallest absolute Gasteiger partial charge is 0.255 e. The predicted molar refractivity (Wildman–Crippen MR) is 107 cm³/mol. The molecule has 7 heteroatoms. The van der Waals surface area contributed by atoms with Gasteiger partial charge in [-0.1, -0.05) is 19.9 Å². The van der Waals surface area contributed by atoms with Gasteiger partial charge in [0, 0.05) is 24.3 Å². The number of nitrogens with one attached hydrogen (secondary N) is 1. The Kier molecular flexibility index (Phi) is 5.82. The van der Waals surface area contributed by atoms with E-state index >= 15 is 0 Å². The number of hydrogen-bond acceptors (Lipinski definition) is 4. The van der Waals surface area contributed by atoms with Gasteiger partial charge in [-0.3, -0.25) is 4.79 Å². The minimum Gasteiger partial charge on any atom is -0.322 e. The normalized spacial score (nSPS) is 20.3. The van der Waals surface area contributed by atoms with Crippen LogP contribution in [0.15, 0.2) is 53.4 Å². The number of nitrogens with zero attached hydrogens (tertiary/aromatic N) is 2. The number of piperidine rings is 1. The molecule has 0 aliphatic carbocycles. The van der Waals surface area contributed by atoms with Crippen LogP contribution >= 0.6 is 0 Å². The maximum Gasteiger partial charge on any atom is 0.255 e. The number of rotatable bonds is 4. The lowest BCUT2D eigenvalue weighted by Gasteiger charge is -2.34. The molecule has 2 aromatic carbocycles. The zero-order valence-corrected chi connectivity index (χ0v) is 16.7. The van der Waals surface area contributed by atoms with Crippen LogP contribution in [0.4, 0.5) is 5.69 Å². The summed E-state index contributed by atoms with van der Waals surface area (Å²) in [6.07, 6.45) is 1.03. The van der Waals surface area contributed by atoms with Gasteiger partial charge in [0.25, 0.3) is 5.91 Å². The van der Waals surface area contributed by atoms with Gasteiger partial charge in [0.1, 0.15) is 0 Å². The summed E-state index contributed by atoms with van der Waals surface area (Å²) in [5.41, 5.74) is 1.31. The highest BCUT2D eigenvalue weighted by Crippen LogP contribution is 2.26. The first-order chi connectivity index (χ1) is 13.3. The van der Waals surface area contributed by atoms with Gasteiger partial charge in [-0.05, 0) is 60.7 Å². The molecule has 1 heterocycles. The van der Waals surface area contributed by atoms with E-state index in [2.05, 4.69) is 19.2 Å². The van der Waals surface area contributed by atoms with E-state index in [0.29, 0.717) is 41.7 Å². The van der Waals surface area contributed by atoms with Crippen LogP contribution in [0.25, 0.3) is 0 Å². The molecule has 1 N–H and O–H groups in total. The molecule has 0 aromatic heterocycles. The Hall–Kier alpha value is -2.69. The summed E-state index contributed by atoms with van der Waals surface area (Å²) in [5.74, 6) is 0.291. The molecule has 6 nitrogen and oxygen atoms in total. The van der Waals surface area contributed by atoms with E-state index < -0.39 is 10.0 Å². The summed E-state index contributed by atoms with van der Waals surface area (Å²) in [7, 11) is -3.57. The molecular formula is C21H23N3O3S. The van der Waals surface area contributed by atoms with E-state index in [9.17, 15) is 13.2 Å². The Morgan fingerprint density at radius 3 is 2.36 bits per heavy atom. The summed E-state index contributed by atoms with van der Waals surface area (Å²) >= 11 is 0. The first kappa shape index (κ1) is 20.1. The maximum atomic E-state index is 12.9. The van der Waals surface area contributed by atoms with Crippen molar-refractivity contribution in [2.45, 2.75) is 25.2 Å². The molecule has 1 saturated heterocycles. The third-order valence-corrected chi connectivity index (χ3v) is 6.69. The number of nitriles is 1. The van der Waals surface area contributed by atoms with Crippen molar-refractivity contribution in [1.29, 1.82) is 5.26 Å². The van der Waals surface area contributed by atoms with E-state index in [0.717, 1.165) is 6.42 Å². The third kappa shape index (κ3) is 4.41.